The standard InChI is InChI=1S/C26H29N5O.3ClH/c27-15-4-3-7-17(28)8-6-16-31-23-14-13-19(18-9-5-10-20(24(18)23)26(31)32)25-29-21-11-1-2-12-22(21)30-25;;;/h1-2,5,9-14,17H,3-4,6-8,15-16,27-28H2,(H,29,30);3*1H. The van der Waals surface area contributed by atoms with Crippen molar-refractivity contribution in [3.63, 3.8) is 0 Å². The van der Waals surface area contributed by atoms with Crippen molar-refractivity contribution in [1.82, 2.24) is 9.97 Å². The Bertz CT molecular complexity index is 1260. The number of aromatic amines is 1. The first-order valence-electron chi connectivity index (χ1n) is 11.5. The van der Waals surface area contributed by atoms with Gasteiger partial charge in [-0.15, -0.1) is 37.2 Å². The van der Waals surface area contributed by atoms with Gasteiger partial charge in [-0.25, -0.2) is 4.98 Å². The maximum atomic E-state index is 13.2. The molecule has 1 unspecified atom stereocenters. The quantitative estimate of drug-likeness (QED) is 0.234. The molecule has 0 radical (unpaired) electrons. The molecule has 9 heteroatoms. The summed E-state index contributed by atoms with van der Waals surface area (Å²) in [5.41, 5.74) is 16.5. The minimum atomic E-state index is 0. The van der Waals surface area contributed by atoms with E-state index in [1.54, 1.807) is 0 Å². The van der Waals surface area contributed by atoms with Crippen LogP contribution in [0.25, 0.3) is 33.2 Å². The first-order valence-corrected chi connectivity index (χ1v) is 11.5. The van der Waals surface area contributed by atoms with E-state index in [1.807, 2.05) is 41.3 Å². The van der Waals surface area contributed by atoms with E-state index in [4.69, 9.17) is 16.5 Å². The van der Waals surface area contributed by atoms with Gasteiger partial charge in [-0.05, 0) is 67.9 Å². The van der Waals surface area contributed by atoms with Crippen LogP contribution in [0.4, 0.5) is 5.69 Å². The summed E-state index contributed by atoms with van der Waals surface area (Å²) in [5, 5.41) is 2.07. The number of nitrogens with zero attached hydrogens (tertiary/aromatic N) is 2. The predicted molar refractivity (Wildman–Crippen MR) is 153 cm³/mol. The summed E-state index contributed by atoms with van der Waals surface area (Å²) >= 11 is 0. The number of anilines is 1. The third kappa shape index (κ3) is 5.57. The van der Waals surface area contributed by atoms with E-state index >= 15 is 0 Å². The number of para-hydroxylation sites is 2. The zero-order valence-corrected chi connectivity index (χ0v) is 21.9. The normalized spacial score (nSPS) is 12.9. The Labute approximate surface area is 224 Å². The first kappa shape index (κ1) is 28.9. The van der Waals surface area contributed by atoms with E-state index in [1.165, 1.54) is 0 Å². The number of unbranched alkanes of at least 4 members (excludes halogenated alkanes) is 1. The number of imidazole rings is 1. The number of aromatic nitrogens is 2. The number of H-pyrrole nitrogens is 1. The zero-order valence-electron chi connectivity index (χ0n) is 19.4. The molecule has 0 saturated heterocycles. The maximum absolute atomic E-state index is 13.2. The van der Waals surface area contributed by atoms with Crippen LogP contribution in [0.15, 0.2) is 54.6 Å². The highest BCUT2D eigenvalue weighted by molar-refractivity contribution is 6.26. The number of nitrogens with two attached hydrogens (primary N) is 2. The van der Waals surface area contributed by atoms with E-state index in [2.05, 4.69) is 23.2 Å². The topological polar surface area (TPSA) is 101 Å². The number of nitrogens with one attached hydrogen (secondary N) is 1. The zero-order chi connectivity index (χ0) is 22.1. The van der Waals surface area contributed by atoms with Gasteiger partial charge in [0, 0.05) is 29.1 Å². The molecule has 0 aliphatic carbocycles. The molecule has 1 aromatic heterocycles. The van der Waals surface area contributed by atoms with Gasteiger partial charge in [0.25, 0.3) is 5.91 Å². The predicted octanol–water partition coefficient (Wildman–Crippen LogP) is 5.85. The fraction of sp³-hybridized carbons (Fsp3) is 0.308. The highest BCUT2D eigenvalue weighted by Gasteiger charge is 2.30. The summed E-state index contributed by atoms with van der Waals surface area (Å²) in [6.07, 6.45) is 4.86. The Balaban J connectivity index is 0.00000144. The van der Waals surface area contributed by atoms with Crippen LogP contribution in [0.3, 0.4) is 0 Å². The molecule has 5 rings (SSSR count). The number of carbonyl (C=O) groups excluding carboxylic acids is 1. The molecule has 3 aromatic carbocycles. The molecule has 4 aromatic rings. The van der Waals surface area contributed by atoms with Crippen LogP contribution >= 0.6 is 37.2 Å². The van der Waals surface area contributed by atoms with Crippen molar-refractivity contribution >= 4 is 70.6 Å². The van der Waals surface area contributed by atoms with Gasteiger partial charge < -0.3 is 21.4 Å². The van der Waals surface area contributed by atoms with Crippen molar-refractivity contribution in [3.05, 3.63) is 60.2 Å². The Morgan fingerprint density at radius 3 is 2.43 bits per heavy atom. The van der Waals surface area contributed by atoms with Crippen molar-refractivity contribution in [3.8, 4) is 11.4 Å². The van der Waals surface area contributed by atoms with Gasteiger partial charge in [0.2, 0.25) is 0 Å². The van der Waals surface area contributed by atoms with Crippen molar-refractivity contribution in [2.45, 2.75) is 38.1 Å². The van der Waals surface area contributed by atoms with Gasteiger partial charge >= 0.3 is 0 Å². The van der Waals surface area contributed by atoms with Crippen molar-refractivity contribution in [1.29, 1.82) is 0 Å². The Morgan fingerprint density at radius 2 is 1.66 bits per heavy atom. The summed E-state index contributed by atoms with van der Waals surface area (Å²) in [6.45, 7) is 1.39. The molecule has 0 spiro atoms. The van der Waals surface area contributed by atoms with Crippen LogP contribution in [0, 0.1) is 0 Å². The second-order valence-electron chi connectivity index (χ2n) is 8.61. The number of fused-ring (bicyclic) bond motifs is 1. The molecule has 1 amide bonds. The summed E-state index contributed by atoms with van der Waals surface area (Å²) in [7, 11) is 0. The molecule has 1 aliphatic rings. The lowest BCUT2D eigenvalue weighted by molar-refractivity contribution is 0.0992. The average Bonchev–Trinajstić information content (AvgIpc) is 3.35. The summed E-state index contributed by atoms with van der Waals surface area (Å²) in [6, 6.07) is 18.3. The maximum Gasteiger partial charge on any atom is 0.258 e. The molecule has 0 saturated carbocycles. The van der Waals surface area contributed by atoms with E-state index in [-0.39, 0.29) is 49.2 Å². The van der Waals surface area contributed by atoms with Gasteiger partial charge in [-0.1, -0.05) is 30.7 Å². The van der Waals surface area contributed by atoms with Crippen LogP contribution in [0.1, 0.15) is 42.5 Å². The Hall–Kier alpha value is -2.35. The lowest BCUT2D eigenvalue weighted by Crippen LogP contribution is -2.29. The minimum Gasteiger partial charge on any atom is -0.338 e. The fourth-order valence-electron chi connectivity index (χ4n) is 4.76. The average molecular weight is 537 g/mol. The molecule has 35 heavy (non-hydrogen) atoms. The third-order valence-electron chi connectivity index (χ3n) is 6.42. The minimum absolute atomic E-state index is 0. The third-order valence-corrected chi connectivity index (χ3v) is 6.42. The van der Waals surface area contributed by atoms with Gasteiger partial charge in [0.1, 0.15) is 5.82 Å². The molecule has 6 nitrogen and oxygen atoms in total. The first-order chi connectivity index (χ1) is 15.7. The smallest absolute Gasteiger partial charge is 0.258 e. The van der Waals surface area contributed by atoms with E-state index in [9.17, 15) is 4.79 Å². The number of rotatable bonds is 9. The lowest BCUT2D eigenvalue weighted by atomic mass is 10.00. The molecule has 1 atom stereocenters. The van der Waals surface area contributed by atoms with E-state index in [0.717, 1.165) is 76.5 Å². The number of amides is 1. The summed E-state index contributed by atoms with van der Waals surface area (Å²) in [5.74, 6) is 0.897. The van der Waals surface area contributed by atoms with Gasteiger partial charge in [0.15, 0.2) is 0 Å². The molecular formula is C26H32Cl3N5O. The Kier molecular flexibility index (Phi) is 10.4. The molecule has 2 heterocycles. The van der Waals surface area contributed by atoms with Gasteiger partial charge in [-0.2, -0.15) is 0 Å². The molecule has 0 bridgehead atoms. The fourth-order valence-corrected chi connectivity index (χ4v) is 4.76. The second-order valence-corrected chi connectivity index (χ2v) is 8.61. The molecule has 5 N–H and O–H groups in total. The Morgan fingerprint density at radius 1 is 0.886 bits per heavy atom. The van der Waals surface area contributed by atoms with E-state index in [0.29, 0.717) is 13.1 Å². The van der Waals surface area contributed by atoms with Crippen molar-refractivity contribution in [2.75, 3.05) is 18.0 Å². The number of hydrogen-bond donors (Lipinski definition) is 3. The number of halogens is 3. The van der Waals surface area contributed by atoms with Crippen LogP contribution < -0.4 is 16.4 Å². The van der Waals surface area contributed by atoms with Crippen molar-refractivity contribution < 1.29 is 4.79 Å². The van der Waals surface area contributed by atoms with Crippen molar-refractivity contribution in [2.24, 2.45) is 11.5 Å². The number of carbonyl (C=O) groups is 1. The largest absolute Gasteiger partial charge is 0.338 e. The summed E-state index contributed by atoms with van der Waals surface area (Å²) < 4.78 is 0. The van der Waals surface area contributed by atoms with Crippen LogP contribution in [-0.4, -0.2) is 35.0 Å². The summed E-state index contributed by atoms with van der Waals surface area (Å²) in [4.78, 5) is 23.3. The number of hydrogen-bond acceptors (Lipinski definition) is 4. The van der Waals surface area contributed by atoms with E-state index < -0.39 is 0 Å². The molecular weight excluding hydrogens is 505 g/mol. The number of benzene rings is 3. The molecule has 0 fully saturated rings. The SMILES string of the molecule is Cl.Cl.Cl.NCCCCC(N)CCCN1C(=O)c2cccc3c(-c4nc5ccccc5[nH]4)ccc1c23. The van der Waals surface area contributed by atoms with Crippen LogP contribution in [-0.2, 0) is 0 Å². The lowest BCUT2D eigenvalue weighted by Gasteiger charge is -2.19. The molecule has 188 valence electrons. The van der Waals surface area contributed by atoms with Crippen LogP contribution in [0.5, 0.6) is 0 Å². The molecule has 1 aliphatic heterocycles. The monoisotopic (exact) mass is 535 g/mol. The highest BCUT2D eigenvalue weighted by atomic mass is 35.5. The second kappa shape index (κ2) is 12.6. The highest BCUT2D eigenvalue weighted by Crippen LogP contribution is 2.41. The van der Waals surface area contributed by atoms with Gasteiger partial charge in [0.05, 0.1) is 16.7 Å². The van der Waals surface area contributed by atoms with Crippen LogP contribution in [0.2, 0.25) is 0 Å². The van der Waals surface area contributed by atoms with Gasteiger partial charge in [-0.3, -0.25) is 4.79 Å².